The summed E-state index contributed by atoms with van der Waals surface area (Å²) in [7, 11) is 0. The highest BCUT2D eigenvalue weighted by atomic mass is 16.3. The number of hydrogen-bond donors (Lipinski definition) is 1. The van der Waals surface area contributed by atoms with E-state index >= 15 is 0 Å². The van der Waals surface area contributed by atoms with Gasteiger partial charge in [0.15, 0.2) is 5.78 Å². The number of ketones is 1. The molecule has 0 amide bonds. The van der Waals surface area contributed by atoms with Crippen LogP contribution in [0.25, 0.3) is 0 Å². The molecule has 0 aliphatic rings. The Morgan fingerprint density at radius 3 is 2.60 bits per heavy atom. The number of carbonyl (C=O) groups is 1. The van der Waals surface area contributed by atoms with E-state index in [9.17, 15) is 9.90 Å². The summed E-state index contributed by atoms with van der Waals surface area (Å²) in [6.07, 6.45) is 1.36. The fourth-order valence-electron chi connectivity index (χ4n) is 1.51. The first-order valence-electron chi connectivity index (χ1n) is 5.39. The maximum absolute atomic E-state index is 11.8. The van der Waals surface area contributed by atoms with Gasteiger partial charge in [-0.3, -0.25) is 4.79 Å². The van der Waals surface area contributed by atoms with Gasteiger partial charge in [0.2, 0.25) is 0 Å². The molecule has 2 nitrogen and oxygen atoms in total. The lowest BCUT2D eigenvalue weighted by molar-refractivity contribution is 0.0965. The highest BCUT2D eigenvalue weighted by Crippen LogP contribution is 2.21. The smallest absolute Gasteiger partial charge is 0.166 e. The summed E-state index contributed by atoms with van der Waals surface area (Å²) < 4.78 is 0. The molecule has 0 bridgehead atoms. The number of hydrogen-bond acceptors (Lipinski definition) is 2. The van der Waals surface area contributed by atoms with Crippen LogP contribution in [0.5, 0.6) is 5.75 Å². The Kier molecular flexibility index (Phi) is 3.89. The van der Waals surface area contributed by atoms with Crippen molar-refractivity contribution in [1.82, 2.24) is 0 Å². The van der Waals surface area contributed by atoms with E-state index < -0.39 is 0 Å². The lowest BCUT2D eigenvalue weighted by atomic mass is 9.98. The third-order valence-electron chi connectivity index (χ3n) is 2.36. The van der Waals surface area contributed by atoms with Crippen LogP contribution in [0.3, 0.4) is 0 Å². The van der Waals surface area contributed by atoms with Crippen molar-refractivity contribution in [2.45, 2.75) is 33.6 Å². The Morgan fingerprint density at radius 1 is 1.40 bits per heavy atom. The number of phenols is 1. The first-order chi connectivity index (χ1) is 7.04. The molecular weight excluding hydrogens is 188 g/mol. The largest absolute Gasteiger partial charge is 0.507 e. The fourth-order valence-corrected chi connectivity index (χ4v) is 1.51. The minimum absolute atomic E-state index is 0.0257. The van der Waals surface area contributed by atoms with Crippen LogP contribution in [-0.2, 0) is 6.42 Å². The molecule has 1 aromatic rings. The Bertz CT molecular complexity index is 354. The molecule has 0 saturated carbocycles. The molecule has 1 aromatic carbocycles. The van der Waals surface area contributed by atoms with E-state index in [1.165, 1.54) is 0 Å². The van der Waals surface area contributed by atoms with Gasteiger partial charge in [0.1, 0.15) is 5.75 Å². The highest BCUT2D eigenvalue weighted by molar-refractivity contribution is 5.98. The van der Waals surface area contributed by atoms with Gasteiger partial charge in [-0.2, -0.15) is 0 Å². The van der Waals surface area contributed by atoms with Crippen molar-refractivity contribution >= 4 is 5.78 Å². The van der Waals surface area contributed by atoms with Gasteiger partial charge in [0, 0.05) is 6.42 Å². The molecule has 0 radical (unpaired) electrons. The lowest BCUT2D eigenvalue weighted by Crippen LogP contribution is -2.04. The molecule has 0 aliphatic heterocycles. The summed E-state index contributed by atoms with van der Waals surface area (Å²) in [6, 6.07) is 5.24. The second-order valence-corrected chi connectivity index (χ2v) is 4.23. The molecule has 0 aromatic heterocycles. The Balaban J connectivity index is 2.96. The van der Waals surface area contributed by atoms with Gasteiger partial charge in [-0.1, -0.05) is 26.8 Å². The number of phenolic OH excluding ortho intramolecular Hbond substituents is 1. The third kappa shape index (κ3) is 3.08. The third-order valence-corrected chi connectivity index (χ3v) is 2.36. The lowest BCUT2D eigenvalue weighted by Gasteiger charge is -2.07. The number of aryl methyl sites for hydroxylation is 1. The van der Waals surface area contributed by atoms with Crippen LogP contribution in [0, 0.1) is 5.92 Å². The first-order valence-corrected chi connectivity index (χ1v) is 5.39. The van der Waals surface area contributed by atoms with Gasteiger partial charge < -0.3 is 5.11 Å². The molecule has 2 heteroatoms. The zero-order chi connectivity index (χ0) is 11.4. The number of aromatic hydroxyl groups is 1. The molecule has 0 fully saturated rings. The topological polar surface area (TPSA) is 37.3 Å². The van der Waals surface area contributed by atoms with Crippen LogP contribution >= 0.6 is 0 Å². The molecule has 1 N–H and O–H groups in total. The average molecular weight is 206 g/mol. The maximum atomic E-state index is 11.8. The van der Waals surface area contributed by atoms with Crippen molar-refractivity contribution in [3.05, 3.63) is 29.3 Å². The molecule has 0 atom stereocenters. The number of carbonyl (C=O) groups excluding carboxylic acids is 1. The predicted octanol–water partition coefficient (Wildman–Crippen LogP) is 3.18. The summed E-state index contributed by atoms with van der Waals surface area (Å²) in [5, 5.41) is 9.59. The quantitative estimate of drug-likeness (QED) is 0.768. The van der Waals surface area contributed by atoms with Crippen molar-refractivity contribution in [3.8, 4) is 5.75 Å². The molecular formula is C13H18O2. The summed E-state index contributed by atoms with van der Waals surface area (Å²) in [5.74, 6) is 0.442. The highest BCUT2D eigenvalue weighted by Gasteiger charge is 2.12. The monoisotopic (exact) mass is 206 g/mol. The van der Waals surface area contributed by atoms with Gasteiger partial charge >= 0.3 is 0 Å². The van der Waals surface area contributed by atoms with E-state index in [4.69, 9.17) is 0 Å². The number of benzene rings is 1. The van der Waals surface area contributed by atoms with Crippen LogP contribution in [0.4, 0.5) is 0 Å². The fraction of sp³-hybridized carbons (Fsp3) is 0.462. The van der Waals surface area contributed by atoms with Gasteiger partial charge in [0.25, 0.3) is 0 Å². The van der Waals surface area contributed by atoms with Crippen LogP contribution in [-0.4, -0.2) is 10.9 Å². The summed E-state index contributed by atoms with van der Waals surface area (Å²) in [6.45, 7) is 6.03. The van der Waals surface area contributed by atoms with Crippen molar-refractivity contribution in [3.63, 3.8) is 0 Å². The predicted molar refractivity (Wildman–Crippen MR) is 61.3 cm³/mol. The van der Waals surface area contributed by atoms with Gasteiger partial charge in [0.05, 0.1) is 5.56 Å². The molecule has 0 unspecified atom stereocenters. The van der Waals surface area contributed by atoms with E-state index in [0.717, 1.165) is 12.0 Å². The molecule has 82 valence electrons. The molecule has 0 saturated heterocycles. The van der Waals surface area contributed by atoms with Crippen molar-refractivity contribution < 1.29 is 9.90 Å². The minimum atomic E-state index is 0.0257. The van der Waals surface area contributed by atoms with E-state index in [1.807, 2.05) is 26.8 Å². The normalized spacial score (nSPS) is 10.7. The van der Waals surface area contributed by atoms with Crippen molar-refractivity contribution in [1.29, 1.82) is 0 Å². The zero-order valence-corrected chi connectivity index (χ0v) is 9.58. The van der Waals surface area contributed by atoms with Crippen LogP contribution in [0.1, 0.15) is 43.1 Å². The van der Waals surface area contributed by atoms with Crippen LogP contribution in [0.2, 0.25) is 0 Å². The standard InChI is InChI=1S/C13H18O2/c1-4-10-5-6-12(14)11(8-10)13(15)7-9(2)3/h5-6,8-9,14H,4,7H2,1-3H3. The molecule has 1 rings (SSSR count). The van der Waals surface area contributed by atoms with E-state index in [0.29, 0.717) is 17.9 Å². The number of rotatable bonds is 4. The van der Waals surface area contributed by atoms with Gasteiger partial charge in [-0.05, 0) is 30.0 Å². The second-order valence-electron chi connectivity index (χ2n) is 4.23. The van der Waals surface area contributed by atoms with E-state index in [1.54, 1.807) is 12.1 Å². The molecule has 0 heterocycles. The summed E-state index contributed by atoms with van der Waals surface area (Å²) >= 11 is 0. The van der Waals surface area contributed by atoms with E-state index in [-0.39, 0.29) is 11.5 Å². The molecule has 0 spiro atoms. The Morgan fingerprint density at radius 2 is 2.07 bits per heavy atom. The average Bonchev–Trinajstić information content (AvgIpc) is 2.17. The van der Waals surface area contributed by atoms with Gasteiger partial charge in [-0.15, -0.1) is 0 Å². The van der Waals surface area contributed by atoms with Crippen molar-refractivity contribution in [2.75, 3.05) is 0 Å². The SMILES string of the molecule is CCc1ccc(O)c(C(=O)CC(C)C)c1. The number of Topliss-reactive ketones (excluding diaryl/α,β-unsaturated/α-hetero) is 1. The second kappa shape index (κ2) is 4.96. The maximum Gasteiger partial charge on any atom is 0.166 e. The zero-order valence-electron chi connectivity index (χ0n) is 9.58. The summed E-state index contributed by atoms with van der Waals surface area (Å²) in [4.78, 5) is 11.8. The Labute approximate surface area is 90.9 Å². The van der Waals surface area contributed by atoms with Crippen LogP contribution in [0.15, 0.2) is 18.2 Å². The first kappa shape index (κ1) is 11.8. The minimum Gasteiger partial charge on any atom is -0.507 e. The Hall–Kier alpha value is -1.31. The molecule has 0 aliphatic carbocycles. The van der Waals surface area contributed by atoms with Gasteiger partial charge in [-0.25, -0.2) is 0 Å². The van der Waals surface area contributed by atoms with Crippen molar-refractivity contribution in [2.24, 2.45) is 5.92 Å². The van der Waals surface area contributed by atoms with Crippen LogP contribution < -0.4 is 0 Å². The summed E-state index contributed by atoms with van der Waals surface area (Å²) in [5.41, 5.74) is 1.54. The molecule has 15 heavy (non-hydrogen) atoms. The van der Waals surface area contributed by atoms with E-state index in [2.05, 4.69) is 0 Å².